The number of hydrogen-bond donors (Lipinski definition) is 0. The molecule has 0 aliphatic carbocycles. The summed E-state index contributed by atoms with van der Waals surface area (Å²) < 4.78 is 25.8. The Labute approximate surface area is 116 Å². The van der Waals surface area contributed by atoms with Gasteiger partial charge in [-0.2, -0.15) is 0 Å². The molecular formula is C15H23NO2S. The second kappa shape index (κ2) is 6.06. The van der Waals surface area contributed by atoms with E-state index < -0.39 is 10.0 Å². The topological polar surface area (TPSA) is 37.4 Å². The van der Waals surface area contributed by atoms with Crippen LogP contribution in [-0.2, 0) is 16.4 Å². The SMILES string of the molecule is CC(C)S(=O)(=O)N1CCC(Cc2ccccc2)CC1. The molecule has 106 valence electrons. The van der Waals surface area contributed by atoms with Gasteiger partial charge in [0.15, 0.2) is 0 Å². The van der Waals surface area contributed by atoms with Crippen molar-refractivity contribution in [2.75, 3.05) is 13.1 Å². The van der Waals surface area contributed by atoms with E-state index >= 15 is 0 Å². The van der Waals surface area contributed by atoms with Gasteiger partial charge in [0.2, 0.25) is 10.0 Å². The predicted molar refractivity (Wildman–Crippen MR) is 78.5 cm³/mol. The molecular weight excluding hydrogens is 258 g/mol. The Kier molecular flexibility index (Phi) is 4.63. The van der Waals surface area contributed by atoms with Crippen LogP contribution in [0.3, 0.4) is 0 Å². The molecule has 0 bridgehead atoms. The largest absolute Gasteiger partial charge is 0.216 e. The predicted octanol–water partition coefficient (Wildman–Crippen LogP) is 2.68. The van der Waals surface area contributed by atoms with Gasteiger partial charge in [0.05, 0.1) is 5.25 Å². The molecule has 1 aromatic rings. The first-order chi connectivity index (χ1) is 9.00. The average molecular weight is 281 g/mol. The zero-order valence-electron chi connectivity index (χ0n) is 11.7. The van der Waals surface area contributed by atoms with E-state index in [-0.39, 0.29) is 5.25 Å². The van der Waals surface area contributed by atoms with Crippen molar-refractivity contribution < 1.29 is 8.42 Å². The van der Waals surface area contributed by atoms with Crippen LogP contribution in [0.2, 0.25) is 0 Å². The molecule has 0 amide bonds. The van der Waals surface area contributed by atoms with Crippen LogP contribution >= 0.6 is 0 Å². The van der Waals surface area contributed by atoms with Crippen LogP contribution in [0.4, 0.5) is 0 Å². The molecule has 1 fully saturated rings. The molecule has 19 heavy (non-hydrogen) atoms. The lowest BCUT2D eigenvalue weighted by Crippen LogP contribution is -2.42. The summed E-state index contributed by atoms with van der Waals surface area (Å²) in [5.41, 5.74) is 1.35. The highest BCUT2D eigenvalue weighted by molar-refractivity contribution is 7.89. The van der Waals surface area contributed by atoms with Crippen molar-refractivity contribution in [3.63, 3.8) is 0 Å². The van der Waals surface area contributed by atoms with Gasteiger partial charge >= 0.3 is 0 Å². The van der Waals surface area contributed by atoms with Gasteiger partial charge in [-0.25, -0.2) is 12.7 Å². The standard InChI is InChI=1S/C15H23NO2S/c1-13(2)19(17,18)16-10-8-15(9-11-16)12-14-6-4-3-5-7-14/h3-7,13,15H,8-12H2,1-2H3. The summed E-state index contributed by atoms with van der Waals surface area (Å²) in [5, 5.41) is -0.307. The molecule has 0 unspecified atom stereocenters. The fraction of sp³-hybridized carbons (Fsp3) is 0.600. The van der Waals surface area contributed by atoms with E-state index in [1.807, 2.05) is 6.07 Å². The number of hydrogen-bond acceptors (Lipinski definition) is 2. The van der Waals surface area contributed by atoms with E-state index in [1.165, 1.54) is 5.56 Å². The summed E-state index contributed by atoms with van der Waals surface area (Å²) in [5.74, 6) is 0.612. The molecule has 0 spiro atoms. The third kappa shape index (κ3) is 3.57. The first kappa shape index (κ1) is 14.5. The normalized spacial score (nSPS) is 18.9. The number of sulfonamides is 1. The Hall–Kier alpha value is -0.870. The van der Waals surface area contributed by atoms with Crippen LogP contribution in [0.15, 0.2) is 30.3 Å². The van der Waals surface area contributed by atoms with Crippen molar-refractivity contribution >= 4 is 10.0 Å². The molecule has 2 rings (SSSR count). The minimum Gasteiger partial charge on any atom is -0.212 e. The van der Waals surface area contributed by atoms with Gasteiger partial charge in [-0.3, -0.25) is 0 Å². The molecule has 0 saturated carbocycles. The maximum atomic E-state index is 12.1. The van der Waals surface area contributed by atoms with Crippen molar-refractivity contribution in [1.29, 1.82) is 0 Å². The second-order valence-corrected chi connectivity index (χ2v) is 8.11. The maximum Gasteiger partial charge on any atom is 0.216 e. The fourth-order valence-corrected chi connectivity index (χ4v) is 3.93. The van der Waals surface area contributed by atoms with Crippen LogP contribution in [0, 0.1) is 5.92 Å². The zero-order valence-corrected chi connectivity index (χ0v) is 12.6. The molecule has 4 heteroatoms. The maximum absolute atomic E-state index is 12.1. The van der Waals surface area contributed by atoms with Gasteiger partial charge in [-0.05, 0) is 44.6 Å². The van der Waals surface area contributed by atoms with Crippen LogP contribution in [-0.4, -0.2) is 31.1 Å². The van der Waals surface area contributed by atoms with E-state index in [4.69, 9.17) is 0 Å². The molecule has 0 radical (unpaired) electrons. The molecule has 3 nitrogen and oxygen atoms in total. The van der Waals surface area contributed by atoms with Crippen LogP contribution < -0.4 is 0 Å². The van der Waals surface area contributed by atoms with E-state index in [9.17, 15) is 8.42 Å². The highest BCUT2D eigenvalue weighted by atomic mass is 32.2. The van der Waals surface area contributed by atoms with E-state index in [1.54, 1.807) is 18.2 Å². The van der Waals surface area contributed by atoms with Gasteiger partial charge in [-0.15, -0.1) is 0 Å². The number of nitrogens with zero attached hydrogens (tertiary/aromatic N) is 1. The van der Waals surface area contributed by atoms with Crippen molar-refractivity contribution in [1.82, 2.24) is 4.31 Å². The summed E-state index contributed by atoms with van der Waals surface area (Å²) in [6.45, 7) is 4.87. The summed E-state index contributed by atoms with van der Waals surface area (Å²) in [6.07, 6.45) is 3.01. The lowest BCUT2D eigenvalue weighted by atomic mass is 9.91. The van der Waals surface area contributed by atoms with Crippen molar-refractivity contribution in [2.24, 2.45) is 5.92 Å². The Morgan fingerprint density at radius 1 is 1.16 bits per heavy atom. The van der Waals surface area contributed by atoms with Crippen molar-refractivity contribution in [2.45, 2.75) is 38.4 Å². The Morgan fingerprint density at radius 3 is 2.26 bits per heavy atom. The Morgan fingerprint density at radius 2 is 1.74 bits per heavy atom. The quantitative estimate of drug-likeness (QED) is 0.851. The molecule has 1 heterocycles. The monoisotopic (exact) mass is 281 g/mol. The van der Waals surface area contributed by atoms with E-state index in [0.29, 0.717) is 19.0 Å². The van der Waals surface area contributed by atoms with E-state index in [2.05, 4.69) is 24.3 Å². The lowest BCUT2D eigenvalue weighted by Gasteiger charge is -2.32. The Balaban J connectivity index is 1.90. The van der Waals surface area contributed by atoms with Crippen LogP contribution in [0.25, 0.3) is 0 Å². The highest BCUT2D eigenvalue weighted by Gasteiger charge is 2.29. The molecule has 1 aromatic carbocycles. The minimum absolute atomic E-state index is 0.307. The minimum atomic E-state index is -3.06. The average Bonchev–Trinajstić information content (AvgIpc) is 2.40. The molecule has 0 N–H and O–H groups in total. The highest BCUT2D eigenvalue weighted by Crippen LogP contribution is 2.24. The summed E-state index contributed by atoms with van der Waals surface area (Å²) in [6, 6.07) is 10.5. The van der Waals surface area contributed by atoms with Gasteiger partial charge in [-0.1, -0.05) is 30.3 Å². The molecule has 0 atom stereocenters. The lowest BCUT2D eigenvalue weighted by molar-refractivity contribution is 0.271. The van der Waals surface area contributed by atoms with Crippen molar-refractivity contribution in [3.8, 4) is 0 Å². The summed E-state index contributed by atoms with van der Waals surface area (Å²) in [7, 11) is -3.06. The second-order valence-electron chi connectivity index (χ2n) is 5.63. The third-order valence-electron chi connectivity index (χ3n) is 3.90. The number of benzene rings is 1. The van der Waals surface area contributed by atoms with Gasteiger partial charge in [0, 0.05) is 13.1 Å². The number of piperidine rings is 1. The molecule has 1 aliphatic rings. The Bertz CT molecular complexity index is 488. The van der Waals surface area contributed by atoms with Crippen LogP contribution in [0.5, 0.6) is 0 Å². The summed E-state index contributed by atoms with van der Waals surface area (Å²) >= 11 is 0. The fourth-order valence-electron chi connectivity index (χ4n) is 2.61. The van der Waals surface area contributed by atoms with E-state index in [0.717, 1.165) is 19.3 Å². The molecule has 1 aliphatic heterocycles. The van der Waals surface area contributed by atoms with Gasteiger partial charge < -0.3 is 0 Å². The first-order valence-electron chi connectivity index (χ1n) is 7.03. The summed E-state index contributed by atoms with van der Waals surface area (Å²) in [4.78, 5) is 0. The molecule has 1 saturated heterocycles. The number of rotatable bonds is 4. The van der Waals surface area contributed by atoms with Crippen LogP contribution in [0.1, 0.15) is 32.3 Å². The van der Waals surface area contributed by atoms with Gasteiger partial charge in [0.1, 0.15) is 0 Å². The van der Waals surface area contributed by atoms with Gasteiger partial charge in [0.25, 0.3) is 0 Å². The van der Waals surface area contributed by atoms with Crippen molar-refractivity contribution in [3.05, 3.63) is 35.9 Å². The first-order valence-corrected chi connectivity index (χ1v) is 8.53. The molecule has 0 aromatic heterocycles. The zero-order chi connectivity index (χ0) is 13.9. The smallest absolute Gasteiger partial charge is 0.212 e. The third-order valence-corrected chi connectivity index (χ3v) is 6.17.